The molecule has 21 heavy (non-hydrogen) atoms. The van der Waals surface area contributed by atoms with Gasteiger partial charge in [-0.25, -0.2) is 4.98 Å². The van der Waals surface area contributed by atoms with Crippen molar-refractivity contribution in [2.24, 2.45) is 0 Å². The van der Waals surface area contributed by atoms with E-state index in [1.165, 1.54) is 25.8 Å². The van der Waals surface area contributed by atoms with E-state index >= 15 is 0 Å². The van der Waals surface area contributed by atoms with E-state index < -0.39 is 0 Å². The van der Waals surface area contributed by atoms with Crippen molar-refractivity contribution in [2.75, 3.05) is 32.1 Å². The van der Waals surface area contributed by atoms with Gasteiger partial charge in [-0.1, -0.05) is 6.42 Å². The number of carbonyl (C=O) groups excluding carboxylic acids is 1. The topological polar surface area (TPSA) is 54.5 Å². The number of likely N-dealkylation sites (tertiary alicyclic amines) is 1. The van der Waals surface area contributed by atoms with Crippen molar-refractivity contribution in [3.63, 3.8) is 0 Å². The minimum atomic E-state index is -0.149. The molecule has 0 radical (unpaired) electrons. The zero-order valence-electron chi connectivity index (χ0n) is 12.9. The van der Waals surface area contributed by atoms with Crippen LogP contribution in [0.5, 0.6) is 0 Å². The highest BCUT2D eigenvalue weighted by atomic mass is 32.1. The largest absolute Gasteiger partial charge is 0.466 e. The third-order valence-electron chi connectivity index (χ3n) is 3.85. The van der Waals surface area contributed by atoms with Crippen LogP contribution in [-0.4, -0.2) is 48.6 Å². The average Bonchev–Trinajstić information content (AvgIpc) is 2.93. The van der Waals surface area contributed by atoms with Crippen molar-refractivity contribution in [2.45, 2.75) is 45.1 Å². The van der Waals surface area contributed by atoms with Gasteiger partial charge in [-0.2, -0.15) is 0 Å². The Morgan fingerprint density at radius 1 is 1.57 bits per heavy atom. The van der Waals surface area contributed by atoms with Gasteiger partial charge in [0, 0.05) is 24.4 Å². The Kier molecular flexibility index (Phi) is 6.45. The molecule has 1 aliphatic rings. The van der Waals surface area contributed by atoms with Gasteiger partial charge in [0.05, 0.1) is 18.7 Å². The first-order valence-electron chi connectivity index (χ1n) is 7.73. The Hall–Kier alpha value is -1.14. The second-order valence-electron chi connectivity index (χ2n) is 5.46. The summed E-state index contributed by atoms with van der Waals surface area (Å²) < 4.78 is 4.92. The fourth-order valence-electron chi connectivity index (χ4n) is 2.57. The van der Waals surface area contributed by atoms with Gasteiger partial charge in [0.1, 0.15) is 0 Å². The van der Waals surface area contributed by atoms with Crippen LogP contribution in [-0.2, 0) is 16.0 Å². The van der Waals surface area contributed by atoms with Gasteiger partial charge in [-0.05, 0) is 33.4 Å². The molecule has 0 saturated carbocycles. The summed E-state index contributed by atoms with van der Waals surface area (Å²) in [5, 5.41) is 6.40. The average molecular weight is 311 g/mol. The molecule has 1 fully saturated rings. The smallest absolute Gasteiger partial charge is 0.306 e. The molecular weight excluding hydrogens is 286 g/mol. The van der Waals surface area contributed by atoms with Crippen LogP contribution in [0.4, 0.5) is 5.13 Å². The van der Waals surface area contributed by atoms with Crippen LogP contribution in [0.1, 0.15) is 38.3 Å². The zero-order chi connectivity index (χ0) is 15.1. The summed E-state index contributed by atoms with van der Waals surface area (Å²) in [5.41, 5.74) is 0.965. The number of piperidine rings is 1. The van der Waals surface area contributed by atoms with Crippen LogP contribution in [0.2, 0.25) is 0 Å². The lowest BCUT2D eigenvalue weighted by molar-refractivity contribution is -0.143. The van der Waals surface area contributed by atoms with Crippen LogP contribution in [0, 0.1) is 0 Å². The summed E-state index contributed by atoms with van der Waals surface area (Å²) in [5.74, 6) is -0.149. The molecule has 1 aromatic rings. The van der Waals surface area contributed by atoms with Gasteiger partial charge in [-0.15, -0.1) is 11.3 Å². The van der Waals surface area contributed by atoms with E-state index in [0.717, 1.165) is 17.4 Å². The predicted molar refractivity (Wildman–Crippen MR) is 85.8 cm³/mol. The molecule has 1 aromatic heterocycles. The van der Waals surface area contributed by atoms with Gasteiger partial charge >= 0.3 is 5.97 Å². The fraction of sp³-hybridized carbons (Fsp3) is 0.733. The second-order valence-corrected chi connectivity index (χ2v) is 6.32. The molecular formula is C15H25N3O2S. The van der Waals surface area contributed by atoms with E-state index in [1.54, 1.807) is 11.3 Å². The minimum Gasteiger partial charge on any atom is -0.466 e. The van der Waals surface area contributed by atoms with E-state index in [9.17, 15) is 4.79 Å². The molecule has 5 nitrogen and oxygen atoms in total. The van der Waals surface area contributed by atoms with Crippen LogP contribution >= 0.6 is 11.3 Å². The fourth-order valence-corrected chi connectivity index (χ4v) is 3.33. The van der Waals surface area contributed by atoms with Crippen LogP contribution < -0.4 is 5.32 Å². The number of esters is 1. The van der Waals surface area contributed by atoms with Crippen molar-refractivity contribution in [1.29, 1.82) is 0 Å². The quantitative estimate of drug-likeness (QED) is 0.784. The SMILES string of the molecule is CCOC(=O)CCc1csc(NCC2CCCCN2C)n1. The molecule has 1 unspecified atom stereocenters. The van der Waals surface area contributed by atoms with Gasteiger partial charge in [0.2, 0.25) is 0 Å². The van der Waals surface area contributed by atoms with Crippen LogP contribution in [0.15, 0.2) is 5.38 Å². The number of ether oxygens (including phenoxy) is 1. The number of aromatic nitrogens is 1. The second kappa shape index (κ2) is 8.34. The van der Waals surface area contributed by atoms with E-state index in [2.05, 4.69) is 22.2 Å². The molecule has 0 aliphatic carbocycles. The summed E-state index contributed by atoms with van der Waals surface area (Å²) in [4.78, 5) is 18.3. The van der Waals surface area contributed by atoms with Gasteiger partial charge in [-0.3, -0.25) is 4.79 Å². The molecule has 1 aliphatic heterocycles. The number of thiazole rings is 1. The first-order chi connectivity index (χ1) is 10.2. The summed E-state index contributed by atoms with van der Waals surface area (Å²) in [6.45, 7) is 4.40. The Labute approximate surface area is 130 Å². The Bertz CT molecular complexity index is 450. The number of hydrogen-bond acceptors (Lipinski definition) is 6. The zero-order valence-corrected chi connectivity index (χ0v) is 13.7. The summed E-state index contributed by atoms with van der Waals surface area (Å²) >= 11 is 1.61. The molecule has 0 amide bonds. The predicted octanol–water partition coefficient (Wildman–Crippen LogP) is 2.54. The number of likely N-dealkylation sites (N-methyl/N-ethyl adjacent to an activating group) is 1. The molecule has 0 aromatic carbocycles. The van der Waals surface area contributed by atoms with Crippen molar-refractivity contribution in [3.05, 3.63) is 11.1 Å². The van der Waals surface area contributed by atoms with Crippen molar-refractivity contribution in [3.8, 4) is 0 Å². The number of nitrogens with one attached hydrogen (secondary N) is 1. The van der Waals surface area contributed by atoms with Gasteiger partial charge in [0.15, 0.2) is 5.13 Å². The molecule has 1 saturated heterocycles. The Morgan fingerprint density at radius 3 is 3.19 bits per heavy atom. The maximum absolute atomic E-state index is 11.3. The number of anilines is 1. The molecule has 0 bridgehead atoms. The lowest BCUT2D eigenvalue weighted by Crippen LogP contribution is -2.40. The Morgan fingerprint density at radius 2 is 2.43 bits per heavy atom. The van der Waals surface area contributed by atoms with Crippen molar-refractivity contribution in [1.82, 2.24) is 9.88 Å². The van der Waals surface area contributed by atoms with Crippen LogP contribution in [0.3, 0.4) is 0 Å². The highest BCUT2D eigenvalue weighted by Crippen LogP contribution is 2.19. The van der Waals surface area contributed by atoms with Crippen molar-refractivity contribution < 1.29 is 9.53 Å². The molecule has 2 rings (SSSR count). The normalized spacial score (nSPS) is 19.4. The molecule has 1 atom stereocenters. The molecule has 0 spiro atoms. The first kappa shape index (κ1) is 16.2. The third kappa shape index (κ3) is 5.28. The van der Waals surface area contributed by atoms with E-state index in [-0.39, 0.29) is 5.97 Å². The number of aryl methyl sites for hydroxylation is 1. The Balaban J connectivity index is 1.73. The highest BCUT2D eigenvalue weighted by Gasteiger charge is 2.18. The molecule has 118 valence electrons. The monoisotopic (exact) mass is 311 g/mol. The summed E-state index contributed by atoms with van der Waals surface area (Å²) in [6, 6.07) is 0.602. The van der Waals surface area contributed by atoms with E-state index in [1.807, 2.05) is 12.3 Å². The number of hydrogen-bond donors (Lipinski definition) is 1. The van der Waals surface area contributed by atoms with E-state index in [4.69, 9.17) is 4.74 Å². The van der Waals surface area contributed by atoms with Gasteiger partial charge in [0.25, 0.3) is 0 Å². The maximum Gasteiger partial charge on any atom is 0.306 e. The first-order valence-corrected chi connectivity index (χ1v) is 8.61. The molecule has 2 heterocycles. The van der Waals surface area contributed by atoms with Gasteiger partial charge < -0.3 is 15.0 Å². The number of carbonyl (C=O) groups is 1. The molecule has 1 N–H and O–H groups in total. The number of rotatable bonds is 7. The third-order valence-corrected chi connectivity index (χ3v) is 4.70. The summed E-state index contributed by atoms with van der Waals surface area (Å²) in [7, 11) is 2.19. The maximum atomic E-state index is 11.3. The standard InChI is InChI=1S/C15H25N3O2S/c1-3-20-14(19)8-7-12-11-21-15(17-12)16-10-13-6-4-5-9-18(13)2/h11,13H,3-10H2,1-2H3,(H,16,17). The van der Waals surface area contributed by atoms with Crippen LogP contribution in [0.25, 0.3) is 0 Å². The minimum absolute atomic E-state index is 0.149. The van der Waals surface area contributed by atoms with Crippen molar-refractivity contribution >= 4 is 22.4 Å². The highest BCUT2D eigenvalue weighted by molar-refractivity contribution is 7.13. The van der Waals surface area contributed by atoms with E-state index in [0.29, 0.717) is 25.5 Å². The number of nitrogens with zero attached hydrogens (tertiary/aromatic N) is 2. The lowest BCUT2D eigenvalue weighted by Gasteiger charge is -2.32. The summed E-state index contributed by atoms with van der Waals surface area (Å²) in [6.07, 6.45) is 4.94. The lowest BCUT2D eigenvalue weighted by atomic mass is 10.0. The molecule has 6 heteroatoms.